The fourth-order valence-corrected chi connectivity index (χ4v) is 6.21. The fraction of sp³-hybridized carbons (Fsp3) is 0.474. The Morgan fingerprint density at radius 2 is 2.00 bits per heavy atom. The lowest BCUT2D eigenvalue weighted by atomic mass is 9.79. The van der Waals surface area contributed by atoms with Crippen LogP contribution in [-0.2, 0) is 14.8 Å². The number of carbonyl (C=O) groups excluding carboxylic acids is 1. The molecule has 1 aromatic heterocycles. The highest BCUT2D eigenvalue weighted by Crippen LogP contribution is 2.38. The van der Waals surface area contributed by atoms with Crippen LogP contribution in [0.25, 0.3) is 10.9 Å². The monoisotopic (exact) mass is 374 g/mol. The SMILES string of the molecule is COc1cccc2c(S(=O)(=O)N3CCC(=O)[C@H]4CCCC[C@H]43)ccnc12. The van der Waals surface area contributed by atoms with E-state index in [-0.39, 0.29) is 29.2 Å². The summed E-state index contributed by atoms with van der Waals surface area (Å²) >= 11 is 0. The van der Waals surface area contributed by atoms with Gasteiger partial charge >= 0.3 is 0 Å². The molecule has 1 aliphatic heterocycles. The smallest absolute Gasteiger partial charge is 0.244 e. The normalized spacial score (nSPS) is 24.4. The Bertz CT molecular complexity index is 957. The third-order valence-corrected chi connectivity index (χ3v) is 7.57. The van der Waals surface area contributed by atoms with Gasteiger partial charge in [-0.3, -0.25) is 9.78 Å². The van der Waals surface area contributed by atoms with Crippen molar-refractivity contribution in [2.45, 2.75) is 43.0 Å². The summed E-state index contributed by atoms with van der Waals surface area (Å²) in [6, 6.07) is 6.62. The molecule has 26 heavy (non-hydrogen) atoms. The number of methoxy groups -OCH3 is 1. The number of Topliss-reactive ketones (excluding diaryl/α,β-unsaturated/α-hetero) is 1. The van der Waals surface area contributed by atoms with Crippen molar-refractivity contribution in [1.82, 2.24) is 9.29 Å². The lowest BCUT2D eigenvalue weighted by Crippen LogP contribution is -2.53. The Hall–Kier alpha value is -1.99. The summed E-state index contributed by atoms with van der Waals surface area (Å²) in [5, 5.41) is 0.552. The lowest BCUT2D eigenvalue weighted by molar-refractivity contribution is -0.128. The van der Waals surface area contributed by atoms with Crippen molar-refractivity contribution in [3.8, 4) is 5.75 Å². The van der Waals surface area contributed by atoms with Gasteiger partial charge in [0.05, 0.1) is 12.0 Å². The Morgan fingerprint density at radius 3 is 2.81 bits per heavy atom. The summed E-state index contributed by atoms with van der Waals surface area (Å²) in [6.07, 6.45) is 5.31. The number of hydrogen-bond donors (Lipinski definition) is 0. The molecule has 0 bridgehead atoms. The average molecular weight is 374 g/mol. The zero-order chi connectivity index (χ0) is 18.3. The number of carbonyl (C=O) groups is 1. The third kappa shape index (κ3) is 2.70. The third-order valence-electron chi connectivity index (χ3n) is 5.59. The molecular weight excluding hydrogens is 352 g/mol. The standard InChI is InChI=1S/C19H22N2O4S/c1-25-17-8-4-6-14-18(9-11-20-19(14)17)26(23,24)21-12-10-16(22)13-5-2-3-7-15(13)21/h4,6,8-9,11,13,15H,2-3,5,7,10,12H2,1H3/t13-,15+/m0/s1. The van der Waals surface area contributed by atoms with Crippen LogP contribution in [0.3, 0.4) is 0 Å². The minimum Gasteiger partial charge on any atom is -0.494 e. The van der Waals surface area contributed by atoms with Crippen molar-refractivity contribution >= 4 is 26.7 Å². The molecule has 1 saturated heterocycles. The first-order valence-electron chi connectivity index (χ1n) is 9.00. The molecule has 2 atom stereocenters. The van der Waals surface area contributed by atoms with E-state index in [1.54, 1.807) is 35.7 Å². The predicted octanol–water partition coefficient (Wildman–Crippen LogP) is 2.77. The molecule has 1 aliphatic carbocycles. The molecule has 1 aromatic carbocycles. The largest absolute Gasteiger partial charge is 0.494 e. The maximum Gasteiger partial charge on any atom is 0.244 e. The number of pyridine rings is 1. The minimum absolute atomic E-state index is 0.157. The Morgan fingerprint density at radius 1 is 1.19 bits per heavy atom. The van der Waals surface area contributed by atoms with Crippen molar-refractivity contribution in [2.24, 2.45) is 5.92 Å². The maximum atomic E-state index is 13.5. The second-order valence-corrected chi connectivity index (χ2v) is 8.81. The Balaban J connectivity index is 1.82. The van der Waals surface area contributed by atoms with Gasteiger partial charge in [-0.25, -0.2) is 8.42 Å². The molecule has 0 amide bonds. The van der Waals surface area contributed by atoms with Crippen LogP contribution < -0.4 is 4.74 Å². The van der Waals surface area contributed by atoms with Crippen molar-refractivity contribution < 1.29 is 17.9 Å². The second kappa shape index (κ2) is 6.63. The van der Waals surface area contributed by atoms with E-state index in [2.05, 4.69) is 4.98 Å². The van der Waals surface area contributed by atoms with Gasteiger partial charge in [0, 0.05) is 36.5 Å². The quantitative estimate of drug-likeness (QED) is 0.826. The summed E-state index contributed by atoms with van der Waals surface area (Å²) in [6.45, 7) is 0.260. The van der Waals surface area contributed by atoms with Crippen molar-refractivity contribution in [3.05, 3.63) is 30.5 Å². The fourth-order valence-electron chi connectivity index (χ4n) is 4.34. The highest BCUT2D eigenvalue weighted by atomic mass is 32.2. The highest BCUT2D eigenvalue weighted by Gasteiger charge is 2.44. The molecule has 2 aliphatic rings. The minimum atomic E-state index is -3.72. The molecule has 4 rings (SSSR count). The number of nitrogens with zero attached hydrogens (tertiary/aromatic N) is 2. The first-order chi connectivity index (χ1) is 12.5. The number of ketones is 1. The van der Waals surface area contributed by atoms with Gasteiger partial charge in [-0.05, 0) is 25.0 Å². The Kier molecular flexibility index (Phi) is 4.44. The molecule has 138 valence electrons. The molecular formula is C19H22N2O4S. The molecule has 2 aromatic rings. The van der Waals surface area contributed by atoms with Crippen LogP contribution in [0.15, 0.2) is 35.4 Å². The Labute approximate surface area is 153 Å². The molecule has 2 heterocycles. The predicted molar refractivity (Wildman–Crippen MR) is 97.6 cm³/mol. The van der Waals surface area contributed by atoms with Crippen LogP contribution in [0, 0.1) is 5.92 Å². The zero-order valence-electron chi connectivity index (χ0n) is 14.7. The number of ether oxygens (including phenoxy) is 1. The van der Waals surface area contributed by atoms with E-state index in [1.807, 2.05) is 0 Å². The molecule has 0 unspecified atom stereocenters. The zero-order valence-corrected chi connectivity index (χ0v) is 15.5. The van der Waals surface area contributed by atoms with E-state index >= 15 is 0 Å². The lowest BCUT2D eigenvalue weighted by Gasteiger charge is -2.42. The van der Waals surface area contributed by atoms with Gasteiger partial charge in [0.15, 0.2) is 0 Å². The van der Waals surface area contributed by atoms with Gasteiger partial charge in [0.1, 0.15) is 17.0 Å². The summed E-state index contributed by atoms with van der Waals surface area (Å²) in [5.74, 6) is 0.598. The van der Waals surface area contributed by atoms with Gasteiger partial charge in [0.2, 0.25) is 10.0 Å². The van der Waals surface area contributed by atoms with Crippen LogP contribution in [0.1, 0.15) is 32.1 Å². The van der Waals surface area contributed by atoms with Crippen LogP contribution in [0.5, 0.6) is 5.75 Å². The van der Waals surface area contributed by atoms with E-state index in [0.29, 0.717) is 23.1 Å². The molecule has 0 radical (unpaired) electrons. The van der Waals surface area contributed by atoms with Crippen LogP contribution in [0.2, 0.25) is 0 Å². The summed E-state index contributed by atoms with van der Waals surface area (Å²) in [4.78, 5) is 16.8. The summed E-state index contributed by atoms with van der Waals surface area (Å²) in [5.41, 5.74) is 0.532. The van der Waals surface area contributed by atoms with Gasteiger partial charge in [0.25, 0.3) is 0 Å². The van der Waals surface area contributed by atoms with Crippen molar-refractivity contribution in [3.63, 3.8) is 0 Å². The number of rotatable bonds is 3. The molecule has 0 spiro atoms. The number of hydrogen-bond acceptors (Lipinski definition) is 5. The number of aromatic nitrogens is 1. The van der Waals surface area contributed by atoms with Gasteiger partial charge in [-0.2, -0.15) is 4.31 Å². The number of benzene rings is 1. The number of fused-ring (bicyclic) bond motifs is 2. The van der Waals surface area contributed by atoms with Gasteiger partial charge in [-0.15, -0.1) is 0 Å². The maximum absolute atomic E-state index is 13.5. The van der Waals surface area contributed by atoms with Crippen LogP contribution in [-0.4, -0.2) is 43.2 Å². The molecule has 0 N–H and O–H groups in total. The molecule has 7 heteroatoms. The first-order valence-corrected chi connectivity index (χ1v) is 10.4. The van der Waals surface area contributed by atoms with E-state index in [1.165, 1.54) is 6.20 Å². The molecule has 2 fully saturated rings. The highest BCUT2D eigenvalue weighted by molar-refractivity contribution is 7.89. The topological polar surface area (TPSA) is 76.6 Å². The van der Waals surface area contributed by atoms with E-state index in [9.17, 15) is 13.2 Å². The first kappa shape index (κ1) is 17.4. The summed E-state index contributed by atoms with van der Waals surface area (Å²) < 4.78 is 33.9. The number of piperidine rings is 1. The van der Waals surface area contributed by atoms with E-state index in [4.69, 9.17) is 4.74 Å². The van der Waals surface area contributed by atoms with E-state index < -0.39 is 10.0 Å². The average Bonchev–Trinajstić information content (AvgIpc) is 2.67. The summed E-state index contributed by atoms with van der Waals surface area (Å²) in [7, 11) is -2.18. The number of para-hydroxylation sites is 1. The molecule has 1 saturated carbocycles. The number of sulfonamides is 1. The molecule has 6 nitrogen and oxygen atoms in total. The second-order valence-electron chi connectivity index (χ2n) is 6.96. The van der Waals surface area contributed by atoms with E-state index in [0.717, 1.165) is 25.7 Å². The van der Waals surface area contributed by atoms with Crippen molar-refractivity contribution in [1.29, 1.82) is 0 Å². The van der Waals surface area contributed by atoms with Crippen LogP contribution in [0.4, 0.5) is 0 Å². The van der Waals surface area contributed by atoms with Crippen LogP contribution >= 0.6 is 0 Å². The van der Waals surface area contributed by atoms with Gasteiger partial charge in [-0.1, -0.05) is 25.0 Å². The van der Waals surface area contributed by atoms with Gasteiger partial charge < -0.3 is 4.74 Å². The van der Waals surface area contributed by atoms with Crippen molar-refractivity contribution in [2.75, 3.05) is 13.7 Å².